The number of pyridine rings is 1. The Hall–Kier alpha value is -2.20. The van der Waals surface area contributed by atoms with Gasteiger partial charge in [-0.05, 0) is 36.8 Å². The van der Waals surface area contributed by atoms with Crippen molar-refractivity contribution in [2.75, 3.05) is 57.0 Å². The molecule has 1 aromatic heterocycles. The molecule has 1 aromatic carbocycles. The monoisotopic (exact) mass is 451 g/mol. The van der Waals surface area contributed by atoms with E-state index in [1.54, 1.807) is 25.3 Å². The number of sulfonamides is 1. The largest absolute Gasteiger partial charge is 0.354 e. The fourth-order valence-corrected chi connectivity index (χ4v) is 4.50. The molecule has 0 unspecified atom stereocenters. The van der Waals surface area contributed by atoms with Crippen LogP contribution in [0.15, 0.2) is 41.4 Å². The Labute approximate surface area is 182 Å². The number of amides is 1. The second-order valence-electron chi connectivity index (χ2n) is 7.41. The molecule has 2 heterocycles. The van der Waals surface area contributed by atoms with Crippen molar-refractivity contribution in [3.63, 3.8) is 0 Å². The molecule has 0 radical (unpaired) electrons. The van der Waals surface area contributed by atoms with Crippen molar-refractivity contribution >= 4 is 39.0 Å². The third-order valence-corrected chi connectivity index (χ3v) is 7.19. The van der Waals surface area contributed by atoms with Crippen molar-refractivity contribution in [2.24, 2.45) is 0 Å². The van der Waals surface area contributed by atoms with Crippen LogP contribution in [0.25, 0.3) is 0 Å². The lowest BCUT2D eigenvalue weighted by Gasteiger charge is -2.35. The fourth-order valence-electron chi connectivity index (χ4n) is 3.25. The van der Waals surface area contributed by atoms with E-state index in [-0.39, 0.29) is 17.3 Å². The first-order valence-electron chi connectivity index (χ1n) is 9.59. The molecule has 0 aliphatic carbocycles. The summed E-state index contributed by atoms with van der Waals surface area (Å²) < 4.78 is 26.1. The van der Waals surface area contributed by atoms with Gasteiger partial charge in [-0.1, -0.05) is 17.7 Å². The number of piperazine rings is 1. The Balaban J connectivity index is 1.57. The van der Waals surface area contributed by atoms with Gasteiger partial charge in [0, 0.05) is 52.2 Å². The number of benzene rings is 1. The third kappa shape index (κ3) is 5.28. The number of carbonyl (C=O) groups excluding carboxylic acids is 1. The number of anilines is 2. The summed E-state index contributed by atoms with van der Waals surface area (Å²) in [6.07, 6.45) is 1.63. The first-order valence-corrected chi connectivity index (χ1v) is 11.4. The highest BCUT2D eigenvalue weighted by Crippen LogP contribution is 2.22. The molecule has 0 saturated carbocycles. The van der Waals surface area contributed by atoms with Gasteiger partial charge in [0.05, 0.1) is 16.5 Å². The molecule has 1 N–H and O–H groups in total. The van der Waals surface area contributed by atoms with Gasteiger partial charge in [-0.2, -0.15) is 0 Å². The molecule has 162 valence electrons. The van der Waals surface area contributed by atoms with Crippen LogP contribution in [0.1, 0.15) is 5.56 Å². The first kappa shape index (κ1) is 22.5. The molecule has 3 rings (SSSR count). The summed E-state index contributed by atoms with van der Waals surface area (Å²) in [6.45, 7) is 4.95. The van der Waals surface area contributed by atoms with Gasteiger partial charge in [0.15, 0.2) is 0 Å². The van der Waals surface area contributed by atoms with Crippen molar-refractivity contribution in [2.45, 2.75) is 11.8 Å². The Morgan fingerprint density at radius 1 is 1.17 bits per heavy atom. The molecule has 1 saturated heterocycles. The van der Waals surface area contributed by atoms with E-state index in [9.17, 15) is 13.2 Å². The molecular formula is C20H26ClN5O3S. The van der Waals surface area contributed by atoms with Crippen LogP contribution in [-0.2, 0) is 14.8 Å². The summed E-state index contributed by atoms with van der Waals surface area (Å²) in [7, 11) is -0.606. The predicted octanol–water partition coefficient (Wildman–Crippen LogP) is 2.05. The summed E-state index contributed by atoms with van der Waals surface area (Å²) in [5, 5.41) is 3.42. The number of hydrogen-bond donors (Lipinski definition) is 1. The molecular weight excluding hydrogens is 426 g/mol. The van der Waals surface area contributed by atoms with Gasteiger partial charge in [0.2, 0.25) is 15.9 Å². The van der Waals surface area contributed by atoms with Gasteiger partial charge < -0.3 is 10.2 Å². The zero-order valence-corrected chi connectivity index (χ0v) is 18.9. The van der Waals surface area contributed by atoms with E-state index in [0.717, 1.165) is 36.3 Å². The van der Waals surface area contributed by atoms with Gasteiger partial charge >= 0.3 is 0 Å². The lowest BCUT2D eigenvalue weighted by molar-refractivity contribution is -0.117. The molecule has 0 atom stereocenters. The van der Waals surface area contributed by atoms with Gasteiger partial charge in [-0.25, -0.2) is 17.7 Å². The summed E-state index contributed by atoms with van der Waals surface area (Å²) in [4.78, 5) is 21.2. The van der Waals surface area contributed by atoms with Crippen molar-refractivity contribution in [1.29, 1.82) is 0 Å². The fraction of sp³-hybridized carbons (Fsp3) is 0.400. The Kier molecular flexibility index (Phi) is 6.97. The SMILES string of the molecule is Cc1ccc(NC(=O)CN2CCN(c3ccc(Cl)cn3)CC2)cc1S(=O)(=O)N(C)C. The lowest BCUT2D eigenvalue weighted by atomic mass is 10.2. The van der Waals surface area contributed by atoms with Crippen molar-refractivity contribution in [3.05, 3.63) is 47.1 Å². The van der Waals surface area contributed by atoms with Crippen LogP contribution in [0.5, 0.6) is 0 Å². The average molecular weight is 452 g/mol. The van der Waals surface area contributed by atoms with Gasteiger partial charge in [-0.15, -0.1) is 0 Å². The van der Waals surface area contributed by atoms with E-state index in [1.807, 2.05) is 12.1 Å². The molecule has 1 fully saturated rings. The zero-order chi connectivity index (χ0) is 21.9. The molecule has 0 bridgehead atoms. The maximum absolute atomic E-state index is 12.5. The molecule has 8 nitrogen and oxygen atoms in total. The Bertz CT molecular complexity index is 1000. The summed E-state index contributed by atoms with van der Waals surface area (Å²) in [5.41, 5.74) is 1.10. The number of nitrogens with zero attached hydrogens (tertiary/aromatic N) is 4. The minimum Gasteiger partial charge on any atom is -0.354 e. The van der Waals surface area contributed by atoms with Crippen LogP contribution in [0.4, 0.5) is 11.5 Å². The molecule has 30 heavy (non-hydrogen) atoms. The third-order valence-electron chi connectivity index (χ3n) is 5.01. The highest BCUT2D eigenvalue weighted by Gasteiger charge is 2.22. The smallest absolute Gasteiger partial charge is 0.242 e. The molecule has 2 aromatic rings. The first-order chi connectivity index (χ1) is 14.2. The molecule has 10 heteroatoms. The molecule has 1 aliphatic heterocycles. The normalized spacial score (nSPS) is 15.4. The maximum Gasteiger partial charge on any atom is 0.242 e. The van der Waals surface area contributed by atoms with Crippen LogP contribution in [0.3, 0.4) is 0 Å². The second kappa shape index (κ2) is 9.30. The highest BCUT2D eigenvalue weighted by molar-refractivity contribution is 7.89. The molecule has 1 aliphatic rings. The number of aryl methyl sites for hydroxylation is 1. The predicted molar refractivity (Wildman–Crippen MR) is 119 cm³/mol. The van der Waals surface area contributed by atoms with E-state index in [1.165, 1.54) is 20.2 Å². The number of rotatable bonds is 6. The summed E-state index contributed by atoms with van der Waals surface area (Å²) >= 11 is 5.89. The van der Waals surface area contributed by atoms with Crippen LogP contribution < -0.4 is 10.2 Å². The lowest BCUT2D eigenvalue weighted by Crippen LogP contribution is -2.48. The van der Waals surface area contributed by atoms with Crippen molar-refractivity contribution in [1.82, 2.24) is 14.2 Å². The van der Waals surface area contributed by atoms with E-state index >= 15 is 0 Å². The molecule has 1 amide bonds. The standard InChI is InChI=1S/C20H26ClN5O3S/c1-15-4-6-17(12-18(15)30(28,29)24(2)3)23-20(27)14-25-8-10-26(11-9-25)19-7-5-16(21)13-22-19/h4-7,12-13H,8-11,14H2,1-3H3,(H,23,27). The maximum atomic E-state index is 12.5. The highest BCUT2D eigenvalue weighted by atomic mass is 35.5. The van der Waals surface area contributed by atoms with Crippen LogP contribution >= 0.6 is 11.6 Å². The minimum absolute atomic E-state index is 0.176. The molecule has 0 spiro atoms. The van der Waals surface area contributed by atoms with E-state index in [0.29, 0.717) is 16.3 Å². The number of halogens is 1. The average Bonchev–Trinajstić information content (AvgIpc) is 2.70. The number of carbonyl (C=O) groups is 1. The van der Waals surface area contributed by atoms with Crippen LogP contribution in [0, 0.1) is 6.92 Å². The van der Waals surface area contributed by atoms with Crippen LogP contribution in [0.2, 0.25) is 5.02 Å². The van der Waals surface area contributed by atoms with Gasteiger partial charge in [0.1, 0.15) is 5.82 Å². The summed E-state index contributed by atoms with van der Waals surface area (Å²) in [6, 6.07) is 8.63. The number of nitrogens with one attached hydrogen (secondary N) is 1. The minimum atomic E-state index is -3.58. The van der Waals surface area contributed by atoms with Crippen molar-refractivity contribution < 1.29 is 13.2 Å². The van der Waals surface area contributed by atoms with Crippen LogP contribution in [-0.4, -0.2) is 75.3 Å². The van der Waals surface area contributed by atoms with Crippen molar-refractivity contribution in [3.8, 4) is 0 Å². The number of hydrogen-bond acceptors (Lipinski definition) is 6. The van der Waals surface area contributed by atoms with E-state index < -0.39 is 10.0 Å². The van der Waals surface area contributed by atoms with E-state index in [2.05, 4.69) is 20.1 Å². The van der Waals surface area contributed by atoms with Gasteiger partial charge in [0.25, 0.3) is 0 Å². The van der Waals surface area contributed by atoms with Gasteiger partial charge in [-0.3, -0.25) is 9.69 Å². The quantitative estimate of drug-likeness (QED) is 0.723. The van der Waals surface area contributed by atoms with E-state index in [4.69, 9.17) is 11.6 Å². The zero-order valence-electron chi connectivity index (χ0n) is 17.3. The Morgan fingerprint density at radius 2 is 1.87 bits per heavy atom. The Morgan fingerprint density at radius 3 is 2.47 bits per heavy atom. The summed E-state index contributed by atoms with van der Waals surface area (Å²) in [5.74, 6) is 0.697. The number of aromatic nitrogens is 1. The topological polar surface area (TPSA) is 85.9 Å². The second-order valence-corrected chi connectivity index (χ2v) is 9.97.